The number of hydrogen-bond donors (Lipinski definition) is 1. The molecule has 5 heteroatoms. The van der Waals surface area contributed by atoms with Crippen molar-refractivity contribution in [1.29, 1.82) is 0 Å². The number of rotatable bonds is 4. The summed E-state index contributed by atoms with van der Waals surface area (Å²) >= 11 is 0. The van der Waals surface area contributed by atoms with Crippen LogP contribution in [0.25, 0.3) is 0 Å². The average Bonchev–Trinajstić information content (AvgIpc) is 2.87. The summed E-state index contributed by atoms with van der Waals surface area (Å²) in [6.07, 6.45) is 5.13. The van der Waals surface area contributed by atoms with Crippen molar-refractivity contribution < 1.29 is 14.3 Å². The quantitative estimate of drug-likeness (QED) is 0.865. The molecule has 0 saturated heterocycles. The zero-order valence-corrected chi connectivity index (χ0v) is 13.0. The van der Waals surface area contributed by atoms with Crippen molar-refractivity contribution in [3.05, 3.63) is 24.0 Å². The van der Waals surface area contributed by atoms with Gasteiger partial charge in [0.25, 0.3) is 5.91 Å². The molecule has 0 bridgehead atoms. The first-order valence-corrected chi connectivity index (χ1v) is 7.57. The number of nitrogens with one attached hydrogen (secondary N) is 1. The molecular formula is C16H24N2O3. The van der Waals surface area contributed by atoms with Gasteiger partial charge in [-0.15, -0.1) is 0 Å². The van der Waals surface area contributed by atoms with E-state index in [0.717, 1.165) is 12.8 Å². The number of nitrogens with zero attached hydrogens (tertiary/aromatic N) is 1. The van der Waals surface area contributed by atoms with E-state index >= 15 is 0 Å². The molecule has 3 atom stereocenters. The summed E-state index contributed by atoms with van der Waals surface area (Å²) in [5.74, 6) is 0.396. The van der Waals surface area contributed by atoms with Gasteiger partial charge in [0.05, 0.1) is 0 Å². The highest BCUT2D eigenvalue weighted by atomic mass is 16.5. The maximum absolute atomic E-state index is 11.9. The number of carbonyl (C=O) groups excluding carboxylic acids is 2. The molecule has 0 unspecified atom stereocenters. The monoisotopic (exact) mass is 292 g/mol. The second kappa shape index (κ2) is 6.78. The highest BCUT2D eigenvalue weighted by molar-refractivity contribution is 5.89. The van der Waals surface area contributed by atoms with E-state index in [-0.39, 0.29) is 18.6 Å². The van der Waals surface area contributed by atoms with Crippen molar-refractivity contribution in [3.63, 3.8) is 0 Å². The zero-order valence-electron chi connectivity index (χ0n) is 13.0. The van der Waals surface area contributed by atoms with Crippen LogP contribution in [0.15, 0.2) is 18.3 Å². The third-order valence-electron chi connectivity index (χ3n) is 4.54. The van der Waals surface area contributed by atoms with Gasteiger partial charge < -0.3 is 14.6 Å². The van der Waals surface area contributed by atoms with Gasteiger partial charge in [-0.2, -0.15) is 0 Å². The van der Waals surface area contributed by atoms with Crippen LogP contribution in [-0.4, -0.2) is 29.1 Å². The topological polar surface area (TPSA) is 60.3 Å². The first-order chi connectivity index (χ1) is 9.99. The maximum atomic E-state index is 11.9. The molecule has 1 fully saturated rings. The SMILES string of the molecule is C[C@@H]1[C@@H](C)CCC[C@H]1NC(=O)COC(=O)c1cccn1C. The van der Waals surface area contributed by atoms with Gasteiger partial charge in [-0.1, -0.05) is 26.7 Å². The largest absolute Gasteiger partial charge is 0.451 e. The molecule has 0 aromatic carbocycles. The molecule has 21 heavy (non-hydrogen) atoms. The predicted molar refractivity (Wildman–Crippen MR) is 79.8 cm³/mol. The number of amides is 1. The number of aromatic nitrogens is 1. The Morgan fingerprint density at radius 1 is 1.38 bits per heavy atom. The Morgan fingerprint density at radius 3 is 2.81 bits per heavy atom. The van der Waals surface area contributed by atoms with Crippen LogP contribution < -0.4 is 5.32 Å². The van der Waals surface area contributed by atoms with E-state index in [4.69, 9.17) is 4.74 Å². The molecule has 1 aromatic rings. The summed E-state index contributed by atoms with van der Waals surface area (Å²) in [5, 5.41) is 2.99. The van der Waals surface area contributed by atoms with Gasteiger partial charge in [0.15, 0.2) is 6.61 Å². The summed E-state index contributed by atoms with van der Waals surface area (Å²) < 4.78 is 6.73. The van der Waals surface area contributed by atoms with Gasteiger partial charge in [-0.05, 0) is 30.4 Å². The van der Waals surface area contributed by atoms with Crippen LogP contribution in [0.3, 0.4) is 0 Å². The molecule has 0 radical (unpaired) electrons. The van der Waals surface area contributed by atoms with Crippen LogP contribution in [0.4, 0.5) is 0 Å². The van der Waals surface area contributed by atoms with Crippen LogP contribution >= 0.6 is 0 Å². The summed E-state index contributed by atoms with van der Waals surface area (Å²) in [6.45, 7) is 4.17. The lowest BCUT2D eigenvalue weighted by molar-refractivity contribution is -0.125. The van der Waals surface area contributed by atoms with Crippen molar-refractivity contribution >= 4 is 11.9 Å². The van der Waals surface area contributed by atoms with E-state index in [1.54, 1.807) is 29.9 Å². The number of esters is 1. The highest BCUT2D eigenvalue weighted by Crippen LogP contribution is 2.29. The Morgan fingerprint density at radius 2 is 2.14 bits per heavy atom. The molecule has 116 valence electrons. The smallest absolute Gasteiger partial charge is 0.355 e. The molecule has 5 nitrogen and oxygen atoms in total. The van der Waals surface area contributed by atoms with Gasteiger partial charge in [0.1, 0.15) is 5.69 Å². The molecule has 1 saturated carbocycles. The second-order valence-corrected chi connectivity index (χ2v) is 6.02. The fraction of sp³-hybridized carbons (Fsp3) is 0.625. The van der Waals surface area contributed by atoms with Gasteiger partial charge in [-0.3, -0.25) is 4.79 Å². The maximum Gasteiger partial charge on any atom is 0.355 e. The molecule has 0 aliphatic heterocycles. The van der Waals surface area contributed by atoms with Crippen molar-refractivity contribution in [3.8, 4) is 0 Å². The molecule has 1 aromatic heterocycles. The van der Waals surface area contributed by atoms with Crippen molar-refractivity contribution in [2.45, 2.75) is 39.2 Å². The van der Waals surface area contributed by atoms with Crippen molar-refractivity contribution in [1.82, 2.24) is 9.88 Å². The van der Waals surface area contributed by atoms with Crippen LogP contribution in [0.2, 0.25) is 0 Å². The lowest BCUT2D eigenvalue weighted by Gasteiger charge is -2.34. The second-order valence-electron chi connectivity index (χ2n) is 6.02. The Kier molecular flexibility index (Phi) is 5.04. The Labute approximate surface area is 125 Å². The van der Waals surface area contributed by atoms with Crippen LogP contribution in [-0.2, 0) is 16.6 Å². The average molecular weight is 292 g/mol. The zero-order chi connectivity index (χ0) is 15.4. The minimum Gasteiger partial charge on any atom is -0.451 e. The molecular weight excluding hydrogens is 268 g/mol. The van der Waals surface area contributed by atoms with E-state index in [1.165, 1.54) is 6.42 Å². The van der Waals surface area contributed by atoms with Gasteiger partial charge >= 0.3 is 5.97 Å². The summed E-state index contributed by atoms with van der Waals surface area (Å²) in [5.41, 5.74) is 0.447. The summed E-state index contributed by atoms with van der Waals surface area (Å²) in [6, 6.07) is 3.63. The molecule has 2 rings (SSSR count). The lowest BCUT2D eigenvalue weighted by Crippen LogP contribution is -2.45. The first-order valence-electron chi connectivity index (χ1n) is 7.57. The third kappa shape index (κ3) is 3.86. The lowest BCUT2D eigenvalue weighted by atomic mass is 9.78. The third-order valence-corrected chi connectivity index (χ3v) is 4.54. The highest BCUT2D eigenvalue weighted by Gasteiger charge is 2.28. The van der Waals surface area contributed by atoms with Crippen LogP contribution in [0.5, 0.6) is 0 Å². The predicted octanol–water partition coefficient (Wildman–Crippen LogP) is 2.12. The van der Waals surface area contributed by atoms with Crippen LogP contribution in [0, 0.1) is 11.8 Å². The molecule has 1 N–H and O–H groups in total. The Balaban J connectivity index is 1.80. The van der Waals surface area contributed by atoms with E-state index in [1.807, 2.05) is 0 Å². The first kappa shape index (κ1) is 15.6. The van der Waals surface area contributed by atoms with Gasteiger partial charge in [0.2, 0.25) is 0 Å². The number of aryl methyl sites for hydroxylation is 1. The van der Waals surface area contributed by atoms with Gasteiger partial charge in [-0.25, -0.2) is 4.79 Å². The normalized spacial score (nSPS) is 25.4. The van der Waals surface area contributed by atoms with E-state index in [9.17, 15) is 9.59 Å². The molecule has 1 heterocycles. The van der Waals surface area contributed by atoms with Gasteiger partial charge in [0, 0.05) is 19.3 Å². The number of carbonyl (C=O) groups is 2. The van der Waals surface area contributed by atoms with Crippen LogP contribution in [0.1, 0.15) is 43.6 Å². The Hall–Kier alpha value is -1.78. The van der Waals surface area contributed by atoms with E-state index in [2.05, 4.69) is 19.2 Å². The number of hydrogen-bond acceptors (Lipinski definition) is 3. The minimum absolute atomic E-state index is 0.190. The van der Waals surface area contributed by atoms with E-state index in [0.29, 0.717) is 17.5 Å². The summed E-state index contributed by atoms with van der Waals surface area (Å²) in [4.78, 5) is 23.7. The number of ether oxygens (including phenoxy) is 1. The van der Waals surface area contributed by atoms with Crippen molar-refractivity contribution in [2.75, 3.05) is 6.61 Å². The molecule has 1 aliphatic rings. The van der Waals surface area contributed by atoms with Crippen molar-refractivity contribution in [2.24, 2.45) is 18.9 Å². The molecule has 1 aliphatic carbocycles. The molecule has 0 spiro atoms. The van der Waals surface area contributed by atoms with E-state index < -0.39 is 5.97 Å². The fourth-order valence-corrected chi connectivity index (χ4v) is 2.91. The summed E-state index contributed by atoms with van der Waals surface area (Å²) in [7, 11) is 1.77. The Bertz CT molecular complexity index is 509. The minimum atomic E-state index is -0.470. The molecule has 1 amide bonds. The fourth-order valence-electron chi connectivity index (χ4n) is 2.91. The standard InChI is InChI=1S/C16H24N2O3/c1-11-6-4-7-13(12(11)2)17-15(19)10-21-16(20)14-8-5-9-18(14)3/h5,8-9,11-13H,4,6-7,10H2,1-3H3,(H,17,19)/t11-,12+,13+/m0/s1.